The van der Waals surface area contributed by atoms with Crippen molar-refractivity contribution in [2.45, 2.75) is 38.3 Å². The van der Waals surface area contributed by atoms with Crippen molar-refractivity contribution in [3.8, 4) is 0 Å². The normalized spacial score (nSPS) is 18.8. The van der Waals surface area contributed by atoms with E-state index < -0.39 is 0 Å². The van der Waals surface area contributed by atoms with Crippen molar-refractivity contribution in [1.29, 1.82) is 0 Å². The van der Waals surface area contributed by atoms with E-state index in [1.807, 2.05) is 11.0 Å². The number of pyridine rings is 1. The molecule has 1 aromatic rings. The van der Waals surface area contributed by atoms with E-state index in [-0.39, 0.29) is 18.6 Å². The van der Waals surface area contributed by atoms with E-state index in [1.54, 1.807) is 12.3 Å². The van der Waals surface area contributed by atoms with Gasteiger partial charge in [-0.3, -0.25) is 9.78 Å². The minimum Gasteiger partial charge on any atom is -0.396 e. The smallest absolute Gasteiger partial charge is 0.272 e. The summed E-state index contributed by atoms with van der Waals surface area (Å²) in [5, 5.41) is 8.90. The Morgan fingerprint density at radius 3 is 3.00 bits per heavy atom. The van der Waals surface area contributed by atoms with E-state index in [4.69, 9.17) is 10.8 Å². The fourth-order valence-electron chi connectivity index (χ4n) is 2.55. The zero-order chi connectivity index (χ0) is 13.7. The topological polar surface area (TPSA) is 79.5 Å². The van der Waals surface area contributed by atoms with Crippen molar-refractivity contribution in [1.82, 2.24) is 9.88 Å². The summed E-state index contributed by atoms with van der Waals surface area (Å²) >= 11 is 0. The lowest BCUT2D eigenvalue weighted by atomic mass is 10.1. The second kappa shape index (κ2) is 6.63. The summed E-state index contributed by atoms with van der Waals surface area (Å²) in [6.45, 7) is 1.40. The molecule has 5 nitrogen and oxygen atoms in total. The largest absolute Gasteiger partial charge is 0.396 e. The van der Waals surface area contributed by atoms with Crippen LogP contribution in [0.25, 0.3) is 0 Å². The summed E-state index contributed by atoms with van der Waals surface area (Å²) in [7, 11) is 0. The van der Waals surface area contributed by atoms with E-state index >= 15 is 0 Å². The number of nitrogens with two attached hydrogens (primary N) is 1. The standard InChI is InChI=1S/C14H21N3O2/c15-9-11-5-6-13(16-10-11)14(19)17-7-1-3-12(17)4-2-8-18/h5-6,10,12,18H,1-4,7-9,15H2. The van der Waals surface area contributed by atoms with Gasteiger partial charge in [-0.2, -0.15) is 0 Å². The van der Waals surface area contributed by atoms with Crippen LogP contribution in [0.3, 0.4) is 0 Å². The highest BCUT2D eigenvalue weighted by Gasteiger charge is 2.29. The molecule has 2 heterocycles. The van der Waals surface area contributed by atoms with Crippen molar-refractivity contribution in [3.63, 3.8) is 0 Å². The first-order valence-electron chi connectivity index (χ1n) is 6.83. The van der Waals surface area contributed by atoms with Gasteiger partial charge in [-0.05, 0) is 37.3 Å². The number of amides is 1. The van der Waals surface area contributed by atoms with Crippen LogP contribution in [0, 0.1) is 0 Å². The lowest BCUT2D eigenvalue weighted by Crippen LogP contribution is -2.36. The Kier molecular flexibility index (Phi) is 4.87. The zero-order valence-electron chi connectivity index (χ0n) is 11.1. The van der Waals surface area contributed by atoms with Crippen LogP contribution in [0.1, 0.15) is 41.7 Å². The Labute approximate surface area is 113 Å². The Hall–Kier alpha value is -1.46. The number of aromatic nitrogens is 1. The molecule has 1 fully saturated rings. The maximum absolute atomic E-state index is 12.4. The number of hydrogen-bond donors (Lipinski definition) is 2. The molecule has 1 atom stereocenters. The molecule has 1 aliphatic rings. The quantitative estimate of drug-likeness (QED) is 0.828. The molecule has 1 amide bonds. The summed E-state index contributed by atoms with van der Waals surface area (Å²) in [5.41, 5.74) is 6.92. The SMILES string of the molecule is NCc1ccc(C(=O)N2CCCC2CCCO)nc1. The van der Waals surface area contributed by atoms with Gasteiger partial charge in [-0.15, -0.1) is 0 Å². The van der Waals surface area contributed by atoms with Gasteiger partial charge in [0.05, 0.1) is 0 Å². The average molecular weight is 263 g/mol. The number of aliphatic hydroxyl groups excluding tert-OH is 1. The molecule has 2 rings (SSSR count). The number of aliphatic hydroxyl groups is 1. The highest BCUT2D eigenvalue weighted by molar-refractivity contribution is 5.92. The molecule has 0 aromatic carbocycles. The van der Waals surface area contributed by atoms with Crippen LogP contribution in [-0.4, -0.2) is 40.1 Å². The third-order valence-corrected chi connectivity index (χ3v) is 3.61. The van der Waals surface area contributed by atoms with E-state index in [0.717, 1.165) is 37.8 Å². The Bertz CT molecular complexity index is 419. The monoisotopic (exact) mass is 263 g/mol. The molecule has 0 bridgehead atoms. The second-order valence-corrected chi connectivity index (χ2v) is 4.92. The van der Waals surface area contributed by atoms with Crippen LogP contribution < -0.4 is 5.73 Å². The molecule has 1 saturated heterocycles. The van der Waals surface area contributed by atoms with Crippen molar-refractivity contribution >= 4 is 5.91 Å². The van der Waals surface area contributed by atoms with Crippen molar-refractivity contribution in [3.05, 3.63) is 29.6 Å². The average Bonchev–Trinajstić information content (AvgIpc) is 2.92. The Morgan fingerprint density at radius 2 is 2.37 bits per heavy atom. The van der Waals surface area contributed by atoms with Gasteiger partial charge in [0, 0.05) is 31.9 Å². The van der Waals surface area contributed by atoms with Gasteiger partial charge in [-0.25, -0.2) is 0 Å². The number of nitrogens with zero attached hydrogens (tertiary/aromatic N) is 2. The van der Waals surface area contributed by atoms with Crippen molar-refractivity contribution in [2.24, 2.45) is 5.73 Å². The lowest BCUT2D eigenvalue weighted by Gasteiger charge is -2.24. The minimum atomic E-state index is -0.0102. The molecule has 0 spiro atoms. The molecular weight excluding hydrogens is 242 g/mol. The maximum Gasteiger partial charge on any atom is 0.272 e. The van der Waals surface area contributed by atoms with Crippen LogP contribution in [-0.2, 0) is 6.54 Å². The molecule has 1 aliphatic heterocycles. The number of hydrogen-bond acceptors (Lipinski definition) is 4. The van der Waals surface area contributed by atoms with E-state index in [2.05, 4.69) is 4.98 Å². The number of carbonyl (C=O) groups is 1. The summed E-state index contributed by atoms with van der Waals surface area (Å²) in [6.07, 6.45) is 5.32. The van der Waals surface area contributed by atoms with E-state index in [9.17, 15) is 4.79 Å². The first kappa shape index (κ1) is 14.0. The summed E-state index contributed by atoms with van der Waals surface area (Å²) in [6, 6.07) is 3.83. The van der Waals surface area contributed by atoms with Crippen LogP contribution in [0.5, 0.6) is 0 Å². The first-order valence-corrected chi connectivity index (χ1v) is 6.83. The van der Waals surface area contributed by atoms with Crippen LogP contribution in [0.15, 0.2) is 18.3 Å². The molecule has 104 valence electrons. The van der Waals surface area contributed by atoms with Crippen molar-refractivity contribution < 1.29 is 9.90 Å². The minimum absolute atomic E-state index is 0.0102. The number of rotatable bonds is 5. The maximum atomic E-state index is 12.4. The Balaban J connectivity index is 2.04. The summed E-state index contributed by atoms with van der Waals surface area (Å²) in [4.78, 5) is 18.5. The second-order valence-electron chi connectivity index (χ2n) is 4.92. The third kappa shape index (κ3) is 3.30. The number of carbonyl (C=O) groups excluding carboxylic acids is 1. The van der Waals surface area contributed by atoms with Gasteiger partial charge < -0.3 is 15.7 Å². The number of likely N-dealkylation sites (tertiary alicyclic amines) is 1. The lowest BCUT2D eigenvalue weighted by molar-refractivity contribution is 0.0718. The predicted octanol–water partition coefficient (Wildman–Crippen LogP) is 0.917. The van der Waals surface area contributed by atoms with Gasteiger partial charge >= 0.3 is 0 Å². The van der Waals surface area contributed by atoms with E-state index in [0.29, 0.717) is 12.2 Å². The van der Waals surface area contributed by atoms with Gasteiger partial charge in [-0.1, -0.05) is 6.07 Å². The van der Waals surface area contributed by atoms with Crippen LogP contribution in [0.4, 0.5) is 0 Å². The molecule has 0 aliphatic carbocycles. The fraction of sp³-hybridized carbons (Fsp3) is 0.571. The van der Waals surface area contributed by atoms with Gasteiger partial charge in [0.15, 0.2) is 0 Å². The third-order valence-electron chi connectivity index (χ3n) is 3.61. The van der Waals surface area contributed by atoms with E-state index in [1.165, 1.54) is 0 Å². The van der Waals surface area contributed by atoms with Crippen LogP contribution >= 0.6 is 0 Å². The Morgan fingerprint density at radius 1 is 1.53 bits per heavy atom. The van der Waals surface area contributed by atoms with Crippen molar-refractivity contribution in [2.75, 3.05) is 13.2 Å². The molecule has 3 N–H and O–H groups in total. The fourth-order valence-corrected chi connectivity index (χ4v) is 2.55. The first-order chi connectivity index (χ1) is 9.26. The molecule has 1 aromatic heterocycles. The highest BCUT2D eigenvalue weighted by Crippen LogP contribution is 2.23. The predicted molar refractivity (Wildman–Crippen MR) is 72.5 cm³/mol. The molecule has 19 heavy (non-hydrogen) atoms. The highest BCUT2D eigenvalue weighted by atomic mass is 16.3. The molecule has 1 unspecified atom stereocenters. The summed E-state index contributed by atoms with van der Waals surface area (Å²) < 4.78 is 0. The van der Waals surface area contributed by atoms with Crippen LogP contribution in [0.2, 0.25) is 0 Å². The molecule has 0 radical (unpaired) electrons. The molecule has 0 saturated carbocycles. The molecular formula is C14H21N3O2. The van der Waals surface area contributed by atoms with Gasteiger partial charge in [0.1, 0.15) is 5.69 Å². The van der Waals surface area contributed by atoms with Gasteiger partial charge in [0.2, 0.25) is 0 Å². The zero-order valence-corrected chi connectivity index (χ0v) is 11.1. The molecule has 5 heteroatoms. The van der Waals surface area contributed by atoms with Gasteiger partial charge in [0.25, 0.3) is 5.91 Å². The summed E-state index contributed by atoms with van der Waals surface area (Å²) in [5.74, 6) is -0.0102.